The first-order valence-corrected chi connectivity index (χ1v) is 25.8. The van der Waals surface area contributed by atoms with Gasteiger partial charge in [0.1, 0.15) is 0 Å². The van der Waals surface area contributed by atoms with Crippen LogP contribution in [0.2, 0.25) is 0 Å². The Morgan fingerprint density at radius 1 is 0.361 bits per heavy atom. The van der Waals surface area contributed by atoms with Gasteiger partial charge in [0.25, 0.3) is 0 Å². The Morgan fingerprint density at radius 2 is 0.833 bits per heavy atom. The normalized spacial score (nSPS) is 18.7. The standard InChI is InChI=1S/C71H53N/c1-69(2)59-30-12-8-23-49(59)54-39-36-47(42-64(54)69)72(48-37-40-55-53-38-35-46(44-19-6-5-7-20-44)41-63(53)70(3,4)65(55)43-48)66-34-17-22-45-21-16-27-56(67(45)66)58-29-18-28-57-52-26-11-15-33-62(52)71(68(57)58)60-31-13-9-24-50(60)51-25-10-14-32-61(51)71/h5-43,66-67H,1-4H3. The van der Waals surface area contributed by atoms with Crippen LogP contribution in [-0.2, 0) is 16.2 Å². The Morgan fingerprint density at radius 3 is 1.46 bits per heavy atom. The molecule has 9 aromatic rings. The van der Waals surface area contributed by atoms with Crippen LogP contribution in [0.25, 0.3) is 61.2 Å². The van der Waals surface area contributed by atoms with E-state index in [1.54, 1.807) is 0 Å². The van der Waals surface area contributed by atoms with Gasteiger partial charge in [-0.2, -0.15) is 0 Å². The van der Waals surface area contributed by atoms with E-state index in [0.717, 1.165) is 0 Å². The van der Waals surface area contributed by atoms with Crippen LogP contribution in [0.5, 0.6) is 0 Å². The van der Waals surface area contributed by atoms with Crippen molar-refractivity contribution in [2.75, 3.05) is 4.90 Å². The molecular weight excluding hydrogens is 867 g/mol. The van der Waals surface area contributed by atoms with E-state index in [2.05, 4.69) is 269 Å². The van der Waals surface area contributed by atoms with Crippen LogP contribution in [-0.4, -0.2) is 6.04 Å². The number of nitrogens with zero attached hydrogens (tertiary/aromatic N) is 1. The summed E-state index contributed by atoms with van der Waals surface area (Å²) in [5.41, 5.74) is 29.8. The number of hydrogen-bond acceptors (Lipinski definition) is 1. The van der Waals surface area contributed by atoms with Crippen LogP contribution in [0.4, 0.5) is 11.4 Å². The van der Waals surface area contributed by atoms with E-state index >= 15 is 0 Å². The van der Waals surface area contributed by atoms with Gasteiger partial charge in [0.05, 0.1) is 11.5 Å². The lowest BCUT2D eigenvalue weighted by Crippen LogP contribution is -2.40. The topological polar surface area (TPSA) is 3.24 Å². The van der Waals surface area contributed by atoms with Crippen molar-refractivity contribution >= 4 is 16.9 Å². The molecule has 2 atom stereocenters. The number of allylic oxidation sites excluding steroid dienone is 5. The molecule has 0 bridgehead atoms. The van der Waals surface area contributed by atoms with E-state index in [4.69, 9.17) is 0 Å². The Hall–Kier alpha value is -8.26. The molecule has 0 heterocycles. The van der Waals surface area contributed by atoms with Crippen molar-refractivity contribution in [2.45, 2.75) is 50.0 Å². The van der Waals surface area contributed by atoms with Gasteiger partial charge in [-0.15, -0.1) is 0 Å². The highest BCUT2D eigenvalue weighted by atomic mass is 15.2. The van der Waals surface area contributed by atoms with Crippen molar-refractivity contribution < 1.29 is 0 Å². The van der Waals surface area contributed by atoms with E-state index in [1.807, 2.05) is 0 Å². The maximum absolute atomic E-state index is 2.70. The molecule has 0 fully saturated rings. The minimum absolute atomic E-state index is 0.0181. The smallest absolute Gasteiger partial charge is 0.0731 e. The van der Waals surface area contributed by atoms with Gasteiger partial charge in [-0.25, -0.2) is 0 Å². The molecule has 342 valence electrons. The van der Waals surface area contributed by atoms with Crippen LogP contribution in [0.1, 0.15) is 77.8 Å². The average Bonchev–Trinajstić information content (AvgIpc) is 4.06. The van der Waals surface area contributed by atoms with E-state index in [9.17, 15) is 0 Å². The highest BCUT2D eigenvalue weighted by molar-refractivity contribution is 5.99. The second-order valence-corrected chi connectivity index (χ2v) is 21.9. The predicted molar refractivity (Wildman–Crippen MR) is 300 cm³/mol. The van der Waals surface area contributed by atoms with E-state index in [0.29, 0.717) is 0 Å². The van der Waals surface area contributed by atoms with Crippen molar-refractivity contribution in [3.05, 3.63) is 292 Å². The van der Waals surface area contributed by atoms with Crippen molar-refractivity contribution in [1.82, 2.24) is 0 Å². The van der Waals surface area contributed by atoms with Gasteiger partial charge in [-0.3, -0.25) is 0 Å². The van der Waals surface area contributed by atoms with Crippen molar-refractivity contribution in [3.63, 3.8) is 0 Å². The minimum atomic E-state index is -0.469. The van der Waals surface area contributed by atoms with Crippen LogP contribution in [0.3, 0.4) is 0 Å². The zero-order chi connectivity index (χ0) is 48.1. The molecule has 0 saturated heterocycles. The maximum atomic E-state index is 2.70. The summed E-state index contributed by atoms with van der Waals surface area (Å²) in [6.07, 6.45) is 14.3. The Bertz CT molecular complexity index is 3880. The zero-order valence-corrected chi connectivity index (χ0v) is 41.1. The van der Waals surface area contributed by atoms with Gasteiger partial charge >= 0.3 is 0 Å². The molecule has 0 aromatic heterocycles. The summed E-state index contributed by atoms with van der Waals surface area (Å²) in [5, 5.41) is 0. The van der Waals surface area contributed by atoms with Gasteiger partial charge in [0.15, 0.2) is 0 Å². The lowest BCUT2D eigenvalue weighted by Gasteiger charge is -2.43. The lowest BCUT2D eigenvalue weighted by atomic mass is 9.66. The molecule has 9 aromatic carbocycles. The maximum Gasteiger partial charge on any atom is 0.0731 e. The molecule has 6 aliphatic rings. The number of benzene rings is 9. The van der Waals surface area contributed by atoms with Crippen LogP contribution in [0, 0.1) is 5.92 Å². The number of hydrogen-bond donors (Lipinski definition) is 0. The molecule has 6 aliphatic carbocycles. The summed E-state index contributed by atoms with van der Waals surface area (Å²) < 4.78 is 0. The highest BCUT2D eigenvalue weighted by Gasteiger charge is 2.53. The fraction of sp³-hybridized carbons (Fsp3) is 0.127. The average molecular weight is 920 g/mol. The second-order valence-electron chi connectivity index (χ2n) is 21.9. The molecule has 15 rings (SSSR count). The summed E-state index contributed by atoms with van der Waals surface area (Å²) in [4.78, 5) is 2.70. The lowest BCUT2D eigenvalue weighted by molar-refractivity contribution is 0.642. The van der Waals surface area contributed by atoms with Crippen molar-refractivity contribution in [3.8, 4) is 55.6 Å². The van der Waals surface area contributed by atoms with Gasteiger partial charge in [-0.1, -0.05) is 234 Å². The van der Waals surface area contributed by atoms with Gasteiger partial charge in [0, 0.05) is 28.1 Å². The largest absolute Gasteiger partial charge is 0.334 e. The van der Waals surface area contributed by atoms with E-state index in [-0.39, 0.29) is 22.8 Å². The molecule has 1 heteroatoms. The fourth-order valence-electron chi connectivity index (χ4n) is 14.5. The van der Waals surface area contributed by atoms with Gasteiger partial charge in [-0.05, 0) is 147 Å². The Kier molecular flexibility index (Phi) is 8.58. The van der Waals surface area contributed by atoms with Crippen LogP contribution in [0.15, 0.2) is 242 Å². The molecule has 0 saturated carbocycles. The Balaban J connectivity index is 0.934. The number of anilines is 2. The summed E-state index contributed by atoms with van der Waals surface area (Å²) in [7, 11) is 0. The number of fused-ring (bicyclic) bond motifs is 17. The van der Waals surface area contributed by atoms with Gasteiger partial charge < -0.3 is 4.90 Å². The summed E-state index contributed by atoms with van der Waals surface area (Å²) in [6.45, 7) is 9.66. The molecule has 0 amide bonds. The first-order valence-electron chi connectivity index (χ1n) is 25.8. The summed E-state index contributed by atoms with van der Waals surface area (Å²) in [6, 6.07) is 76.3. The molecule has 2 unspecified atom stereocenters. The third-order valence-corrected chi connectivity index (χ3v) is 17.7. The third-order valence-electron chi connectivity index (χ3n) is 17.7. The Labute approximate surface area is 423 Å². The van der Waals surface area contributed by atoms with Gasteiger partial charge in [0.2, 0.25) is 0 Å². The summed E-state index contributed by atoms with van der Waals surface area (Å²) in [5.74, 6) is 0.0181. The molecule has 1 spiro atoms. The van der Waals surface area contributed by atoms with E-state index < -0.39 is 5.41 Å². The second kappa shape index (κ2) is 14.9. The van der Waals surface area contributed by atoms with Crippen molar-refractivity contribution in [2.24, 2.45) is 5.92 Å². The fourth-order valence-corrected chi connectivity index (χ4v) is 14.5. The quantitative estimate of drug-likeness (QED) is 0.166. The molecule has 1 nitrogen and oxygen atoms in total. The molecular formula is C71H53N. The first kappa shape index (κ1) is 41.5. The third kappa shape index (κ3) is 5.43. The first-order chi connectivity index (χ1) is 35.2. The molecule has 72 heavy (non-hydrogen) atoms. The predicted octanol–water partition coefficient (Wildman–Crippen LogP) is 17.6. The van der Waals surface area contributed by atoms with E-state index in [1.165, 1.54) is 128 Å². The van der Waals surface area contributed by atoms with Crippen LogP contribution >= 0.6 is 0 Å². The zero-order valence-electron chi connectivity index (χ0n) is 41.1. The molecule has 0 N–H and O–H groups in total. The minimum Gasteiger partial charge on any atom is -0.334 e. The van der Waals surface area contributed by atoms with Crippen LogP contribution < -0.4 is 4.90 Å². The monoisotopic (exact) mass is 919 g/mol. The molecule has 0 radical (unpaired) electrons. The van der Waals surface area contributed by atoms with Crippen molar-refractivity contribution in [1.29, 1.82) is 0 Å². The summed E-state index contributed by atoms with van der Waals surface area (Å²) >= 11 is 0. The highest BCUT2D eigenvalue weighted by Crippen LogP contribution is 2.65. The molecule has 0 aliphatic heterocycles. The number of rotatable bonds is 5. The SMILES string of the molecule is CC1(C)c2ccccc2-c2ccc(N(c3ccc4c(c3)C(C)(C)c3cc(-c5ccccc5)ccc3-4)C3C=CC=C4C=CC=C(c5cccc6c5C5(c7ccccc7-c7ccccc75)c5ccccc5-6)C43)cc21.